The Balaban J connectivity index is 2.40. The lowest BCUT2D eigenvalue weighted by atomic mass is 10.1. The van der Waals surface area contributed by atoms with Crippen molar-refractivity contribution in [2.24, 2.45) is 0 Å². The third-order valence-corrected chi connectivity index (χ3v) is 2.39. The normalized spacial score (nSPS) is 10.6. The minimum Gasteiger partial charge on any atom is -0.383 e. The van der Waals surface area contributed by atoms with Crippen molar-refractivity contribution in [1.29, 1.82) is 0 Å². The largest absolute Gasteiger partial charge is 0.383 e. The fourth-order valence-electron chi connectivity index (χ4n) is 1.50. The molecule has 1 aromatic carbocycles. The van der Waals surface area contributed by atoms with E-state index < -0.39 is 17.5 Å². The molecule has 0 aliphatic rings. The summed E-state index contributed by atoms with van der Waals surface area (Å²) < 4.78 is 39.6. The zero-order valence-corrected chi connectivity index (χ0v) is 9.12. The second kappa shape index (κ2) is 4.52. The van der Waals surface area contributed by atoms with Gasteiger partial charge in [-0.05, 0) is 0 Å². The second-order valence-corrected chi connectivity index (χ2v) is 3.66. The molecule has 0 fully saturated rings. The molecule has 2 aromatic rings. The molecule has 0 unspecified atom stereocenters. The number of hydrogen-bond donors (Lipinski definition) is 2. The van der Waals surface area contributed by atoms with Crippen molar-refractivity contribution in [1.82, 2.24) is 9.97 Å². The quantitative estimate of drug-likeness (QED) is 0.854. The van der Waals surface area contributed by atoms with E-state index in [-0.39, 0.29) is 23.8 Å². The molecule has 18 heavy (non-hydrogen) atoms. The molecule has 4 N–H and O–H groups in total. The lowest BCUT2D eigenvalue weighted by Gasteiger charge is -2.07. The van der Waals surface area contributed by atoms with E-state index in [0.29, 0.717) is 17.7 Å². The van der Waals surface area contributed by atoms with Crippen LogP contribution in [0.1, 0.15) is 11.1 Å². The summed E-state index contributed by atoms with van der Waals surface area (Å²) in [7, 11) is 0. The predicted molar refractivity (Wildman–Crippen MR) is 60.0 cm³/mol. The third-order valence-electron chi connectivity index (χ3n) is 2.39. The van der Waals surface area contributed by atoms with Crippen molar-refractivity contribution < 1.29 is 13.2 Å². The average molecular weight is 254 g/mol. The first-order chi connectivity index (χ1) is 8.47. The van der Waals surface area contributed by atoms with E-state index >= 15 is 0 Å². The van der Waals surface area contributed by atoms with Gasteiger partial charge in [0.2, 0.25) is 5.95 Å². The van der Waals surface area contributed by atoms with Gasteiger partial charge in [0.05, 0.1) is 0 Å². The fourth-order valence-corrected chi connectivity index (χ4v) is 1.50. The van der Waals surface area contributed by atoms with Crippen molar-refractivity contribution >= 4 is 11.8 Å². The molecular weight excluding hydrogens is 245 g/mol. The zero-order valence-electron chi connectivity index (χ0n) is 9.12. The molecular formula is C11H9F3N4. The number of nitrogens with two attached hydrogens (primary N) is 2. The number of hydrogen-bond acceptors (Lipinski definition) is 4. The van der Waals surface area contributed by atoms with Crippen LogP contribution >= 0.6 is 0 Å². The molecule has 1 aromatic heterocycles. The van der Waals surface area contributed by atoms with Gasteiger partial charge in [-0.25, -0.2) is 18.2 Å². The van der Waals surface area contributed by atoms with Gasteiger partial charge in [0.25, 0.3) is 0 Å². The zero-order chi connectivity index (χ0) is 13.3. The molecule has 0 spiro atoms. The summed E-state index contributed by atoms with van der Waals surface area (Å²) in [5.41, 5.74) is 10.9. The number of nitrogen functional groups attached to an aromatic ring is 2. The minimum absolute atomic E-state index is 0.0312. The predicted octanol–water partition coefficient (Wildman–Crippen LogP) is 1.65. The van der Waals surface area contributed by atoms with E-state index in [9.17, 15) is 13.2 Å². The maximum absolute atomic E-state index is 13.4. The number of benzene rings is 1. The van der Waals surface area contributed by atoms with Gasteiger partial charge in [-0.1, -0.05) is 0 Å². The molecule has 0 amide bonds. The molecule has 0 aliphatic carbocycles. The van der Waals surface area contributed by atoms with Crippen LogP contribution in [0, 0.1) is 17.5 Å². The van der Waals surface area contributed by atoms with Crippen molar-refractivity contribution in [2.75, 3.05) is 11.5 Å². The molecule has 0 atom stereocenters. The molecule has 0 saturated carbocycles. The van der Waals surface area contributed by atoms with Crippen LogP contribution in [-0.4, -0.2) is 9.97 Å². The number of rotatable bonds is 2. The fraction of sp³-hybridized carbons (Fsp3) is 0.0909. The molecule has 4 nitrogen and oxygen atoms in total. The molecule has 0 saturated heterocycles. The Morgan fingerprint density at radius 1 is 1.06 bits per heavy atom. The summed E-state index contributed by atoms with van der Waals surface area (Å²) in [5.74, 6) is -2.94. The van der Waals surface area contributed by atoms with Crippen LogP contribution < -0.4 is 11.5 Å². The SMILES string of the molecule is Nc1ncc(Cc2c(F)cc(F)cc2F)c(N)n1. The Labute approximate surface area is 100 Å². The van der Waals surface area contributed by atoms with Crippen molar-refractivity contribution in [3.8, 4) is 0 Å². The number of anilines is 2. The molecule has 7 heteroatoms. The topological polar surface area (TPSA) is 77.8 Å². The molecule has 94 valence electrons. The summed E-state index contributed by atoms with van der Waals surface area (Å²) in [5, 5.41) is 0. The van der Waals surface area contributed by atoms with Crippen molar-refractivity contribution in [3.05, 3.63) is 46.9 Å². The molecule has 0 bridgehead atoms. The Hall–Kier alpha value is -2.31. The molecule has 1 heterocycles. The number of nitrogens with zero attached hydrogens (tertiary/aromatic N) is 2. The van der Waals surface area contributed by atoms with Crippen LogP contribution in [-0.2, 0) is 6.42 Å². The third kappa shape index (κ3) is 2.34. The summed E-state index contributed by atoms with van der Waals surface area (Å²) in [6, 6.07) is 1.21. The summed E-state index contributed by atoms with van der Waals surface area (Å²) in [6.45, 7) is 0. The van der Waals surface area contributed by atoms with Gasteiger partial charge in [0, 0.05) is 35.9 Å². The first-order valence-corrected chi connectivity index (χ1v) is 4.97. The average Bonchev–Trinajstić information content (AvgIpc) is 2.25. The van der Waals surface area contributed by atoms with Crippen molar-refractivity contribution in [2.45, 2.75) is 6.42 Å². The maximum atomic E-state index is 13.4. The van der Waals surface area contributed by atoms with E-state index in [1.807, 2.05) is 0 Å². The maximum Gasteiger partial charge on any atom is 0.221 e. The van der Waals surface area contributed by atoms with E-state index in [4.69, 9.17) is 11.5 Å². The van der Waals surface area contributed by atoms with Crippen LogP contribution in [0.3, 0.4) is 0 Å². The summed E-state index contributed by atoms with van der Waals surface area (Å²) >= 11 is 0. The van der Waals surface area contributed by atoms with Crippen LogP contribution in [0.5, 0.6) is 0 Å². The Morgan fingerprint density at radius 3 is 2.22 bits per heavy atom. The Morgan fingerprint density at radius 2 is 1.67 bits per heavy atom. The van der Waals surface area contributed by atoms with Crippen molar-refractivity contribution in [3.63, 3.8) is 0 Å². The van der Waals surface area contributed by atoms with E-state index in [2.05, 4.69) is 9.97 Å². The standard InChI is InChI=1S/C11H9F3N4/c12-6-2-8(13)7(9(14)3-6)1-5-4-17-11(16)18-10(5)15/h2-4H,1H2,(H4,15,16,17,18). The smallest absolute Gasteiger partial charge is 0.221 e. The highest BCUT2D eigenvalue weighted by Crippen LogP contribution is 2.20. The van der Waals surface area contributed by atoms with Gasteiger partial charge >= 0.3 is 0 Å². The summed E-state index contributed by atoms with van der Waals surface area (Å²) in [4.78, 5) is 7.35. The molecule has 0 radical (unpaired) electrons. The van der Waals surface area contributed by atoms with E-state index in [1.165, 1.54) is 6.20 Å². The first kappa shape index (κ1) is 12.2. The van der Waals surface area contributed by atoms with Crippen LogP contribution in [0.2, 0.25) is 0 Å². The summed E-state index contributed by atoms with van der Waals surface area (Å²) in [6.07, 6.45) is 1.10. The van der Waals surface area contributed by atoms with Crippen LogP contribution in [0.25, 0.3) is 0 Å². The second-order valence-electron chi connectivity index (χ2n) is 3.66. The van der Waals surface area contributed by atoms with Crippen LogP contribution in [0.4, 0.5) is 24.9 Å². The monoisotopic (exact) mass is 254 g/mol. The van der Waals surface area contributed by atoms with Gasteiger partial charge < -0.3 is 11.5 Å². The lowest BCUT2D eigenvalue weighted by Crippen LogP contribution is -2.06. The number of aromatic nitrogens is 2. The van der Waals surface area contributed by atoms with Gasteiger partial charge in [0.15, 0.2) is 0 Å². The van der Waals surface area contributed by atoms with E-state index in [0.717, 1.165) is 0 Å². The van der Waals surface area contributed by atoms with Gasteiger partial charge in [0.1, 0.15) is 23.3 Å². The lowest BCUT2D eigenvalue weighted by molar-refractivity contribution is 0.527. The van der Waals surface area contributed by atoms with Gasteiger partial charge in [-0.15, -0.1) is 0 Å². The molecule has 0 aliphatic heterocycles. The van der Waals surface area contributed by atoms with E-state index in [1.54, 1.807) is 0 Å². The molecule has 2 rings (SSSR count). The Bertz CT molecular complexity index is 578. The minimum atomic E-state index is -0.983. The first-order valence-electron chi connectivity index (χ1n) is 4.97. The number of halogens is 3. The highest BCUT2D eigenvalue weighted by atomic mass is 19.1. The highest BCUT2D eigenvalue weighted by molar-refractivity contribution is 5.44. The van der Waals surface area contributed by atoms with Gasteiger partial charge in [-0.2, -0.15) is 4.98 Å². The van der Waals surface area contributed by atoms with Crippen LogP contribution in [0.15, 0.2) is 18.3 Å². The Kier molecular flexibility index (Phi) is 3.05. The van der Waals surface area contributed by atoms with Gasteiger partial charge in [-0.3, -0.25) is 0 Å². The highest BCUT2D eigenvalue weighted by Gasteiger charge is 2.14.